The molecule has 2 atom stereocenters. The fourth-order valence-electron chi connectivity index (χ4n) is 2.94. The average molecular weight is 337 g/mol. The summed E-state index contributed by atoms with van der Waals surface area (Å²) in [6.07, 6.45) is 2.52. The molecule has 3 heterocycles. The Bertz CT molecular complexity index is 638. The van der Waals surface area contributed by atoms with E-state index in [9.17, 15) is 9.59 Å². The van der Waals surface area contributed by atoms with Crippen LogP contribution in [0.3, 0.4) is 0 Å². The number of aromatic nitrogens is 2. The van der Waals surface area contributed by atoms with Crippen LogP contribution in [-0.4, -0.2) is 40.5 Å². The van der Waals surface area contributed by atoms with Gasteiger partial charge in [-0.2, -0.15) is 0 Å². The Balaban J connectivity index is 1.63. The lowest BCUT2D eigenvalue weighted by Gasteiger charge is -2.15. The van der Waals surface area contributed by atoms with Crippen molar-refractivity contribution in [1.29, 1.82) is 0 Å². The molecule has 0 unspecified atom stereocenters. The fourth-order valence-corrected chi connectivity index (χ4v) is 4.09. The van der Waals surface area contributed by atoms with E-state index >= 15 is 0 Å². The summed E-state index contributed by atoms with van der Waals surface area (Å²) in [7, 11) is 0. The van der Waals surface area contributed by atoms with Crippen LogP contribution in [0, 0.1) is 0 Å². The molecule has 2 aliphatic heterocycles. The normalized spacial score (nSPS) is 23.3. The highest BCUT2D eigenvalue weighted by Gasteiger charge is 2.28. The molecule has 6 nitrogen and oxygen atoms in total. The summed E-state index contributed by atoms with van der Waals surface area (Å²) in [6.45, 7) is 5.39. The smallest absolute Gasteiger partial charge is 0.254 e. The molecule has 1 fully saturated rings. The van der Waals surface area contributed by atoms with Crippen molar-refractivity contribution in [2.75, 3.05) is 18.9 Å². The van der Waals surface area contributed by atoms with Crippen molar-refractivity contribution in [1.82, 2.24) is 14.9 Å². The molecule has 1 aromatic heterocycles. The Morgan fingerprint density at radius 1 is 1.57 bits per heavy atom. The van der Waals surface area contributed by atoms with Crippen molar-refractivity contribution >= 4 is 17.7 Å². The fraction of sp³-hybridized carbons (Fsp3) is 0.688. The second kappa shape index (κ2) is 7.05. The lowest BCUT2D eigenvalue weighted by molar-refractivity contribution is -0.122. The molecule has 0 radical (unpaired) electrons. The first kappa shape index (κ1) is 16.5. The number of thioether (sulfide) groups is 1. The maximum absolute atomic E-state index is 12.4. The van der Waals surface area contributed by atoms with Crippen molar-refractivity contribution in [3.8, 4) is 0 Å². The first-order valence-corrected chi connectivity index (χ1v) is 9.17. The van der Waals surface area contributed by atoms with E-state index in [-0.39, 0.29) is 29.5 Å². The highest BCUT2D eigenvalue weighted by atomic mass is 32.2. The van der Waals surface area contributed by atoms with Gasteiger partial charge >= 0.3 is 0 Å². The van der Waals surface area contributed by atoms with Crippen LogP contribution in [-0.2, 0) is 9.53 Å². The van der Waals surface area contributed by atoms with E-state index in [4.69, 9.17) is 4.74 Å². The average Bonchev–Trinajstić information content (AvgIpc) is 3.15. The Morgan fingerprint density at radius 2 is 2.39 bits per heavy atom. The van der Waals surface area contributed by atoms with E-state index < -0.39 is 0 Å². The molecule has 126 valence electrons. The van der Waals surface area contributed by atoms with Gasteiger partial charge in [0.1, 0.15) is 0 Å². The highest BCUT2D eigenvalue weighted by Crippen LogP contribution is 2.32. The Hall–Kier alpha value is -1.34. The number of fused-ring (bicyclic) bond motifs is 1. The minimum absolute atomic E-state index is 0.0289. The lowest BCUT2D eigenvalue weighted by Crippen LogP contribution is -2.34. The quantitative estimate of drug-likeness (QED) is 0.828. The van der Waals surface area contributed by atoms with Crippen LogP contribution >= 0.6 is 11.8 Å². The molecular formula is C16H23N3O3S. The number of carbonyl (C=O) groups is 1. The predicted octanol–water partition coefficient (Wildman–Crippen LogP) is 1.70. The van der Waals surface area contributed by atoms with Crippen LogP contribution in [0.1, 0.15) is 50.8 Å². The largest absolute Gasteiger partial charge is 0.376 e. The van der Waals surface area contributed by atoms with Gasteiger partial charge in [0.2, 0.25) is 5.91 Å². The maximum Gasteiger partial charge on any atom is 0.254 e. The molecular weight excluding hydrogens is 314 g/mol. The van der Waals surface area contributed by atoms with E-state index in [1.807, 2.05) is 13.8 Å². The first-order chi connectivity index (χ1) is 11.0. The van der Waals surface area contributed by atoms with Crippen molar-refractivity contribution in [3.63, 3.8) is 0 Å². The second-order valence-electron chi connectivity index (χ2n) is 6.43. The van der Waals surface area contributed by atoms with Gasteiger partial charge in [-0.3, -0.25) is 14.2 Å². The zero-order valence-electron chi connectivity index (χ0n) is 13.6. The summed E-state index contributed by atoms with van der Waals surface area (Å²) in [5, 5.41) is 3.66. The van der Waals surface area contributed by atoms with Crippen LogP contribution in [0.2, 0.25) is 0 Å². The molecule has 0 saturated carbocycles. The summed E-state index contributed by atoms with van der Waals surface area (Å²) in [5.74, 6) is 0.915. The third kappa shape index (κ3) is 3.77. The van der Waals surface area contributed by atoms with E-state index in [2.05, 4.69) is 10.3 Å². The number of ether oxygens (including phenoxy) is 1. The van der Waals surface area contributed by atoms with E-state index in [0.29, 0.717) is 13.0 Å². The summed E-state index contributed by atoms with van der Waals surface area (Å²) in [6, 6.07) is 1.48. The third-order valence-electron chi connectivity index (χ3n) is 4.27. The van der Waals surface area contributed by atoms with Gasteiger partial charge in [0, 0.05) is 31.4 Å². The number of nitrogens with zero attached hydrogens (tertiary/aromatic N) is 2. The van der Waals surface area contributed by atoms with Gasteiger partial charge in [-0.15, -0.1) is 0 Å². The van der Waals surface area contributed by atoms with Crippen LogP contribution < -0.4 is 10.9 Å². The Kier molecular flexibility index (Phi) is 5.06. The number of amides is 1. The summed E-state index contributed by atoms with van der Waals surface area (Å²) in [4.78, 5) is 29.0. The number of hydrogen-bond donors (Lipinski definition) is 1. The van der Waals surface area contributed by atoms with Crippen molar-refractivity contribution in [2.45, 2.75) is 56.3 Å². The molecule has 0 spiro atoms. The second-order valence-corrected chi connectivity index (χ2v) is 7.42. The maximum atomic E-state index is 12.4. The molecule has 1 saturated heterocycles. The van der Waals surface area contributed by atoms with E-state index in [1.165, 1.54) is 0 Å². The third-order valence-corrected chi connectivity index (χ3v) is 5.37. The van der Waals surface area contributed by atoms with E-state index in [1.54, 1.807) is 22.4 Å². The minimum Gasteiger partial charge on any atom is -0.376 e. The van der Waals surface area contributed by atoms with Gasteiger partial charge in [0.25, 0.3) is 5.56 Å². The molecule has 2 aliphatic rings. The Labute approximate surface area is 140 Å². The minimum atomic E-state index is -0.110. The van der Waals surface area contributed by atoms with Gasteiger partial charge in [-0.25, -0.2) is 4.98 Å². The number of carbonyl (C=O) groups excluding carboxylic acids is 1. The predicted molar refractivity (Wildman–Crippen MR) is 88.9 cm³/mol. The molecule has 0 aromatic carbocycles. The topological polar surface area (TPSA) is 73.2 Å². The van der Waals surface area contributed by atoms with Crippen molar-refractivity contribution in [3.05, 3.63) is 22.1 Å². The SMILES string of the molecule is CC(C)c1cc(=O)n2c(n1)SC[C@H]2CC(=O)NC[C@H]1CCCO1. The summed E-state index contributed by atoms with van der Waals surface area (Å²) in [5.41, 5.74) is 0.762. The van der Waals surface area contributed by atoms with Crippen LogP contribution in [0.25, 0.3) is 0 Å². The van der Waals surface area contributed by atoms with Gasteiger partial charge < -0.3 is 10.1 Å². The molecule has 1 aromatic rings. The number of hydrogen-bond acceptors (Lipinski definition) is 5. The lowest BCUT2D eigenvalue weighted by atomic mass is 10.1. The van der Waals surface area contributed by atoms with Crippen molar-refractivity contribution < 1.29 is 9.53 Å². The molecule has 1 amide bonds. The molecule has 1 N–H and O–H groups in total. The Morgan fingerprint density at radius 3 is 3.09 bits per heavy atom. The zero-order chi connectivity index (χ0) is 16.4. The van der Waals surface area contributed by atoms with Crippen LogP contribution in [0.15, 0.2) is 16.0 Å². The van der Waals surface area contributed by atoms with Crippen molar-refractivity contribution in [2.24, 2.45) is 0 Å². The van der Waals surface area contributed by atoms with Gasteiger partial charge in [-0.1, -0.05) is 25.6 Å². The van der Waals surface area contributed by atoms with Crippen LogP contribution in [0.4, 0.5) is 0 Å². The standard InChI is InChI=1S/C16H23N3O3S/c1-10(2)13-7-15(21)19-11(9-23-16(19)18-13)6-14(20)17-8-12-4-3-5-22-12/h7,10-12H,3-6,8-9H2,1-2H3,(H,17,20)/t11-,12-/m1/s1. The van der Waals surface area contributed by atoms with Crippen LogP contribution in [0.5, 0.6) is 0 Å². The molecule has 23 heavy (non-hydrogen) atoms. The molecule has 0 aliphatic carbocycles. The highest BCUT2D eigenvalue weighted by molar-refractivity contribution is 7.99. The number of nitrogens with one attached hydrogen (secondary N) is 1. The van der Waals surface area contributed by atoms with E-state index in [0.717, 1.165) is 36.1 Å². The first-order valence-electron chi connectivity index (χ1n) is 8.19. The summed E-state index contributed by atoms with van der Waals surface area (Å²) < 4.78 is 7.17. The summed E-state index contributed by atoms with van der Waals surface area (Å²) >= 11 is 1.55. The molecule has 7 heteroatoms. The zero-order valence-corrected chi connectivity index (χ0v) is 14.4. The van der Waals surface area contributed by atoms with Gasteiger partial charge in [0.15, 0.2) is 5.16 Å². The molecule has 0 bridgehead atoms. The number of rotatable bonds is 5. The molecule has 3 rings (SSSR count). The monoisotopic (exact) mass is 337 g/mol. The van der Waals surface area contributed by atoms with Gasteiger partial charge in [0.05, 0.1) is 17.8 Å². The van der Waals surface area contributed by atoms with Gasteiger partial charge in [-0.05, 0) is 18.8 Å².